The Morgan fingerprint density at radius 2 is 1.74 bits per heavy atom. The highest BCUT2D eigenvalue weighted by Crippen LogP contribution is 2.31. The van der Waals surface area contributed by atoms with Crippen molar-refractivity contribution in [1.82, 2.24) is 10.6 Å². The Labute approximate surface area is 114 Å². The molecule has 2 atom stereocenters. The first-order valence-corrected chi connectivity index (χ1v) is 7.44. The second-order valence-corrected chi connectivity index (χ2v) is 5.83. The molecule has 2 unspecified atom stereocenters. The van der Waals surface area contributed by atoms with Crippen molar-refractivity contribution in [2.45, 2.75) is 57.4 Å². The van der Waals surface area contributed by atoms with E-state index in [1.165, 1.54) is 19.3 Å². The van der Waals surface area contributed by atoms with Gasteiger partial charge in [-0.05, 0) is 31.6 Å². The van der Waals surface area contributed by atoms with Crippen LogP contribution >= 0.6 is 0 Å². The second-order valence-electron chi connectivity index (χ2n) is 5.83. The first-order chi connectivity index (χ1) is 9.16. The van der Waals surface area contributed by atoms with E-state index in [1.54, 1.807) is 0 Å². The maximum Gasteiger partial charge on any atom is 0.315 e. The molecule has 0 heterocycles. The van der Waals surface area contributed by atoms with Crippen molar-refractivity contribution >= 4 is 12.0 Å². The molecule has 108 valence electrons. The van der Waals surface area contributed by atoms with Crippen LogP contribution in [0.3, 0.4) is 0 Å². The fourth-order valence-corrected chi connectivity index (χ4v) is 3.31. The van der Waals surface area contributed by atoms with Gasteiger partial charge in [0, 0.05) is 12.6 Å². The zero-order chi connectivity index (χ0) is 13.7. The van der Waals surface area contributed by atoms with Gasteiger partial charge in [0.25, 0.3) is 0 Å². The van der Waals surface area contributed by atoms with Gasteiger partial charge in [0.2, 0.25) is 0 Å². The molecule has 0 aromatic rings. The highest BCUT2D eigenvalue weighted by molar-refractivity contribution is 5.74. The van der Waals surface area contributed by atoms with Gasteiger partial charge in [-0.1, -0.05) is 25.7 Å². The lowest BCUT2D eigenvalue weighted by Crippen LogP contribution is -2.45. The molecule has 2 amide bonds. The van der Waals surface area contributed by atoms with E-state index in [0.717, 1.165) is 32.1 Å². The normalized spacial score (nSPS) is 28.0. The summed E-state index contributed by atoms with van der Waals surface area (Å²) < 4.78 is 0. The van der Waals surface area contributed by atoms with E-state index in [0.29, 0.717) is 12.6 Å². The average molecular weight is 268 g/mol. The van der Waals surface area contributed by atoms with Crippen molar-refractivity contribution in [3.05, 3.63) is 0 Å². The fourth-order valence-electron chi connectivity index (χ4n) is 3.31. The van der Waals surface area contributed by atoms with Crippen LogP contribution in [0, 0.1) is 11.8 Å². The molecule has 0 aliphatic heterocycles. The third-order valence-electron chi connectivity index (χ3n) is 4.44. The molecule has 0 bridgehead atoms. The lowest BCUT2D eigenvalue weighted by Gasteiger charge is -2.23. The lowest BCUT2D eigenvalue weighted by molar-refractivity contribution is -0.142. The molecule has 2 aliphatic rings. The van der Waals surface area contributed by atoms with Gasteiger partial charge in [-0.3, -0.25) is 4.79 Å². The van der Waals surface area contributed by atoms with Crippen LogP contribution in [-0.4, -0.2) is 29.7 Å². The fraction of sp³-hybridized carbons (Fsp3) is 0.857. The van der Waals surface area contributed by atoms with Crippen LogP contribution in [0.2, 0.25) is 0 Å². The summed E-state index contributed by atoms with van der Waals surface area (Å²) in [5.41, 5.74) is 0. The monoisotopic (exact) mass is 268 g/mol. The van der Waals surface area contributed by atoms with E-state index in [1.807, 2.05) is 0 Å². The number of aliphatic carboxylic acids is 1. The zero-order valence-electron chi connectivity index (χ0n) is 11.4. The topological polar surface area (TPSA) is 78.4 Å². The third-order valence-corrected chi connectivity index (χ3v) is 4.44. The smallest absolute Gasteiger partial charge is 0.315 e. The van der Waals surface area contributed by atoms with Crippen LogP contribution < -0.4 is 10.6 Å². The summed E-state index contributed by atoms with van der Waals surface area (Å²) in [6.45, 7) is 0.482. The molecule has 5 nitrogen and oxygen atoms in total. The number of nitrogens with one attached hydrogen (secondary N) is 2. The van der Waals surface area contributed by atoms with E-state index in [9.17, 15) is 9.59 Å². The maximum atomic E-state index is 11.8. The number of hydrogen-bond donors (Lipinski definition) is 3. The predicted molar refractivity (Wildman–Crippen MR) is 71.9 cm³/mol. The standard InChI is InChI=1S/C14H24N2O3/c17-13(18)12-8-4-5-10(12)9-15-14(19)16-11-6-2-1-3-7-11/h10-12H,1-9H2,(H,17,18)(H2,15,16,19). The van der Waals surface area contributed by atoms with Crippen molar-refractivity contribution in [2.24, 2.45) is 11.8 Å². The number of urea groups is 1. The molecule has 0 spiro atoms. The van der Waals surface area contributed by atoms with Crippen LogP contribution in [0.5, 0.6) is 0 Å². The molecule has 2 aliphatic carbocycles. The van der Waals surface area contributed by atoms with E-state index in [4.69, 9.17) is 5.11 Å². The Bertz CT molecular complexity index is 327. The number of carboxylic acid groups (broad SMARTS) is 1. The summed E-state index contributed by atoms with van der Waals surface area (Å²) in [7, 11) is 0. The number of carbonyl (C=O) groups is 2. The molecule has 2 rings (SSSR count). The molecular formula is C14H24N2O3. The molecule has 0 aromatic carbocycles. The Balaban J connectivity index is 1.69. The molecule has 2 fully saturated rings. The van der Waals surface area contributed by atoms with Crippen molar-refractivity contribution in [2.75, 3.05) is 6.54 Å². The van der Waals surface area contributed by atoms with Crippen molar-refractivity contribution < 1.29 is 14.7 Å². The summed E-state index contributed by atoms with van der Waals surface area (Å²) >= 11 is 0. The minimum absolute atomic E-state index is 0.0922. The SMILES string of the molecule is O=C(NCC1CCCC1C(=O)O)NC1CCCCC1. The molecule has 5 heteroatoms. The Hall–Kier alpha value is -1.26. The molecule has 0 saturated heterocycles. The maximum absolute atomic E-state index is 11.8. The Morgan fingerprint density at radius 3 is 2.42 bits per heavy atom. The Kier molecular flexibility index (Phi) is 5.05. The van der Waals surface area contributed by atoms with Gasteiger partial charge in [-0.15, -0.1) is 0 Å². The van der Waals surface area contributed by atoms with Gasteiger partial charge in [0.15, 0.2) is 0 Å². The van der Waals surface area contributed by atoms with Crippen molar-refractivity contribution in [3.63, 3.8) is 0 Å². The van der Waals surface area contributed by atoms with Gasteiger partial charge in [0.05, 0.1) is 5.92 Å². The third kappa shape index (κ3) is 4.11. The summed E-state index contributed by atoms with van der Waals surface area (Å²) in [6.07, 6.45) is 8.37. The number of rotatable bonds is 4. The quantitative estimate of drug-likeness (QED) is 0.730. The van der Waals surface area contributed by atoms with Crippen molar-refractivity contribution in [3.8, 4) is 0 Å². The van der Waals surface area contributed by atoms with Crippen LogP contribution in [0.1, 0.15) is 51.4 Å². The molecule has 0 radical (unpaired) electrons. The zero-order valence-corrected chi connectivity index (χ0v) is 11.4. The summed E-state index contributed by atoms with van der Waals surface area (Å²) in [4.78, 5) is 22.8. The van der Waals surface area contributed by atoms with Crippen LogP contribution in [-0.2, 0) is 4.79 Å². The minimum atomic E-state index is -0.725. The van der Waals surface area contributed by atoms with Gasteiger partial charge < -0.3 is 15.7 Å². The van der Waals surface area contributed by atoms with Crippen molar-refractivity contribution in [1.29, 1.82) is 0 Å². The van der Waals surface area contributed by atoms with Gasteiger partial charge in [-0.25, -0.2) is 4.79 Å². The van der Waals surface area contributed by atoms with Crippen LogP contribution in [0.25, 0.3) is 0 Å². The number of carboxylic acids is 1. The molecular weight excluding hydrogens is 244 g/mol. The summed E-state index contributed by atoms with van der Waals surface area (Å²) in [5, 5.41) is 14.9. The highest BCUT2D eigenvalue weighted by atomic mass is 16.4. The second kappa shape index (κ2) is 6.78. The molecule has 19 heavy (non-hydrogen) atoms. The summed E-state index contributed by atoms with van der Waals surface area (Å²) in [6, 6.07) is 0.163. The first-order valence-electron chi connectivity index (χ1n) is 7.44. The van der Waals surface area contributed by atoms with Gasteiger partial charge in [0.1, 0.15) is 0 Å². The van der Waals surface area contributed by atoms with E-state index in [-0.39, 0.29) is 17.9 Å². The van der Waals surface area contributed by atoms with E-state index >= 15 is 0 Å². The number of amides is 2. The van der Waals surface area contributed by atoms with Gasteiger partial charge >= 0.3 is 12.0 Å². The number of carbonyl (C=O) groups excluding carboxylic acids is 1. The average Bonchev–Trinajstić information content (AvgIpc) is 2.86. The van der Waals surface area contributed by atoms with E-state index in [2.05, 4.69) is 10.6 Å². The molecule has 3 N–H and O–H groups in total. The van der Waals surface area contributed by atoms with E-state index < -0.39 is 5.97 Å². The lowest BCUT2D eigenvalue weighted by atomic mass is 9.95. The van der Waals surface area contributed by atoms with Crippen LogP contribution in [0.4, 0.5) is 4.79 Å². The number of hydrogen-bond acceptors (Lipinski definition) is 2. The largest absolute Gasteiger partial charge is 0.481 e. The molecule has 2 saturated carbocycles. The molecule has 0 aromatic heterocycles. The predicted octanol–water partition coefficient (Wildman–Crippen LogP) is 2.12. The van der Waals surface area contributed by atoms with Crippen LogP contribution in [0.15, 0.2) is 0 Å². The summed E-state index contributed by atoms with van der Waals surface area (Å²) in [5.74, 6) is -0.915. The van der Waals surface area contributed by atoms with Gasteiger partial charge in [-0.2, -0.15) is 0 Å². The first kappa shape index (κ1) is 14.2. The Morgan fingerprint density at radius 1 is 1.00 bits per heavy atom. The highest BCUT2D eigenvalue weighted by Gasteiger charge is 2.32. The minimum Gasteiger partial charge on any atom is -0.481 e.